The van der Waals surface area contributed by atoms with Gasteiger partial charge in [-0.15, -0.1) is 0 Å². The van der Waals surface area contributed by atoms with Crippen LogP contribution in [0.4, 0.5) is 5.69 Å². The number of anilines is 1. The van der Waals surface area contributed by atoms with Gasteiger partial charge in [0.1, 0.15) is 0 Å². The minimum atomic E-state index is 0.437. The molecule has 1 aromatic carbocycles. The first-order valence-electron chi connectivity index (χ1n) is 7.33. The van der Waals surface area contributed by atoms with Gasteiger partial charge in [0, 0.05) is 24.8 Å². The molecule has 1 fully saturated rings. The largest absolute Gasteiger partial charge is 0.371 e. The molecule has 1 heterocycles. The highest BCUT2D eigenvalue weighted by Crippen LogP contribution is 2.31. The second kappa shape index (κ2) is 6.24. The maximum Gasteiger partial charge on any atom is 0.0414 e. The Balaban J connectivity index is 2.17. The van der Waals surface area contributed by atoms with Crippen LogP contribution in [0.1, 0.15) is 45.2 Å². The zero-order valence-electron chi connectivity index (χ0n) is 11.9. The molecule has 100 valence electrons. The van der Waals surface area contributed by atoms with Gasteiger partial charge in [-0.05, 0) is 37.4 Å². The molecule has 18 heavy (non-hydrogen) atoms. The Morgan fingerprint density at radius 3 is 2.78 bits per heavy atom. The molecule has 0 aliphatic carbocycles. The molecule has 0 radical (unpaired) electrons. The van der Waals surface area contributed by atoms with E-state index in [2.05, 4.69) is 55.3 Å². The molecule has 2 rings (SSSR count). The van der Waals surface area contributed by atoms with Gasteiger partial charge in [0.05, 0.1) is 0 Å². The van der Waals surface area contributed by atoms with Gasteiger partial charge in [0.15, 0.2) is 0 Å². The summed E-state index contributed by atoms with van der Waals surface area (Å²) in [4.78, 5) is 2.57. The van der Waals surface area contributed by atoms with Crippen molar-refractivity contribution in [2.45, 2.75) is 39.7 Å². The van der Waals surface area contributed by atoms with Gasteiger partial charge < -0.3 is 10.2 Å². The molecular formula is C16H26N2. The molecule has 2 nitrogen and oxygen atoms in total. The Labute approximate surface area is 111 Å². The average molecular weight is 246 g/mol. The minimum absolute atomic E-state index is 0.437. The first kappa shape index (κ1) is 13.4. The Morgan fingerprint density at radius 1 is 1.33 bits per heavy atom. The third-order valence-electron chi connectivity index (χ3n) is 4.12. The van der Waals surface area contributed by atoms with E-state index < -0.39 is 0 Å². The van der Waals surface area contributed by atoms with Crippen molar-refractivity contribution >= 4 is 5.69 Å². The van der Waals surface area contributed by atoms with E-state index in [9.17, 15) is 0 Å². The SMILES string of the molecule is CCNC(C)c1ccccc1N1CCC(CC)C1. The van der Waals surface area contributed by atoms with E-state index in [1.54, 1.807) is 0 Å². The predicted molar refractivity (Wildman–Crippen MR) is 79.1 cm³/mol. The summed E-state index contributed by atoms with van der Waals surface area (Å²) in [5, 5.41) is 3.52. The second-order valence-corrected chi connectivity index (χ2v) is 5.35. The Hall–Kier alpha value is -1.02. The van der Waals surface area contributed by atoms with Gasteiger partial charge in [-0.2, -0.15) is 0 Å². The lowest BCUT2D eigenvalue weighted by atomic mass is 10.0. The highest BCUT2D eigenvalue weighted by molar-refractivity contribution is 5.55. The van der Waals surface area contributed by atoms with Crippen LogP contribution < -0.4 is 10.2 Å². The number of nitrogens with one attached hydrogen (secondary N) is 1. The van der Waals surface area contributed by atoms with E-state index in [1.165, 1.54) is 37.2 Å². The number of benzene rings is 1. The zero-order chi connectivity index (χ0) is 13.0. The Kier molecular flexibility index (Phi) is 4.65. The van der Waals surface area contributed by atoms with E-state index in [0.717, 1.165) is 12.5 Å². The van der Waals surface area contributed by atoms with Crippen molar-refractivity contribution in [2.75, 3.05) is 24.5 Å². The van der Waals surface area contributed by atoms with Crippen molar-refractivity contribution in [1.29, 1.82) is 0 Å². The first-order valence-corrected chi connectivity index (χ1v) is 7.33. The number of rotatable bonds is 5. The van der Waals surface area contributed by atoms with Crippen molar-refractivity contribution < 1.29 is 0 Å². The van der Waals surface area contributed by atoms with Crippen LogP contribution in [-0.2, 0) is 0 Å². The topological polar surface area (TPSA) is 15.3 Å². The molecular weight excluding hydrogens is 220 g/mol. The molecule has 0 spiro atoms. The fourth-order valence-electron chi connectivity index (χ4n) is 2.94. The first-order chi connectivity index (χ1) is 8.76. The van der Waals surface area contributed by atoms with Crippen molar-refractivity contribution in [1.82, 2.24) is 5.32 Å². The van der Waals surface area contributed by atoms with Crippen LogP contribution in [0.25, 0.3) is 0 Å². The molecule has 1 N–H and O–H groups in total. The number of para-hydroxylation sites is 1. The van der Waals surface area contributed by atoms with E-state index in [-0.39, 0.29) is 0 Å². The van der Waals surface area contributed by atoms with Crippen molar-refractivity contribution in [3.63, 3.8) is 0 Å². The fourth-order valence-corrected chi connectivity index (χ4v) is 2.94. The van der Waals surface area contributed by atoms with Gasteiger partial charge in [-0.3, -0.25) is 0 Å². The van der Waals surface area contributed by atoms with Crippen molar-refractivity contribution in [3.05, 3.63) is 29.8 Å². The second-order valence-electron chi connectivity index (χ2n) is 5.35. The molecule has 1 aliphatic rings. The third-order valence-corrected chi connectivity index (χ3v) is 4.12. The van der Waals surface area contributed by atoms with Crippen LogP contribution in [0.15, 0.2) is 24.3 Å². The molecule has 1 aliphatic heterocycles. The molecule has 1 saturated heterocycles. The quantitative estimate of drug-likeness (QED) is 0.854. The lowest BCUT2D eigenvalue weighted by molar-refractivity contribution is 0.567. The number of hydrogen-bond acceptors (Lipinski definition) is 2. The summed E-state index contributed by atoms with van der Waals surface area (Å²) >= 11 is 0. The molecule has 2 atom stereocenters. The summed E-state index contributed by atoms with van der Waals surface area (Å²) in [7, 11) is 0. The predicted octanol–water partition coefficient (Wildman–Crippen LogP) is 3.59. The lowest BCUT2D eigenvalue weighted by Gasteiger charge is -2.25. The maximum atomic E-state index is 3.52. The number of hydrogen-bond donors (Lipinski definition) is 1. The van der Waals surface area contributed by atoms with E-state index in [1.807, 2.05) is 0 Å². The van der Waals surface area contributed by atoms with Crippen LogP contribution in [-0.4, -0.2) is 19.6 Å². The normalized spacial score (nSPS) is 21.3. The van der Waals surface area contributed by atoms with Gasteiger partial charge in [0.2, 0.25) is 0 Å². The Morgan fingerprint density at radius 2 is 2.11 bits per heavy atom. The smallest absolute Gasteiger partial charge is 0.0414 e. The molecule has 2 heteroatoms. The van der Waals surface area contributed by atoms with Crippen LogP contribution in [0.3, 0.4) is 0 Å². The summed E-state index contributed by atoms with van der Waals surface area (Å²) in [6, 6.07) is 9.30. The van der Waals surface area contributed by atoms with Crippen LogP contribution in [0.5, 0.6) is 0 Å². The summed E-state index contributed by atoms with van der Waals surface area (Å²) < 4.78 is 0. The van der Waals surface area contributed by atoms with Gasteiger partial charge in [0.25, 0.3) is 0 Å². The minimum Gasteiger partial charge on any atom is -0.371 e. The lowest BCUT2D eigenvalue weighted by Crippen LogP contribution is -2.24. The van der Waals surface area contributed by atoms with Crippen LogP contribution >= 0.6 is 0 Å². The summed E-state index contributed by atoms with van der Waals surface area (Å²) in [5.41, 5.74) is 2.87. The zero-order valence-corrected chi connectivity index (χ0v) is 11.9. The van der Waals surface area contributed by atoms with E-state index in [4.69, 9.17) is 0 Å². The molecule has 0 bridgehead atoms. The standard InChI is InChI=1S/C16H26N2/c1-4-14-10-11-18(12-14)16-9-7-6-8-15(16)13(3)17-5-2/h6-9,13-14,17H,4-5,10-12H2,1-3H3. The highest BCUT2D eigenvalue weighted by atomic mass is 15.2. The number of nitrogens with zero attached hydrogens (tertiary/aromatic N) is 1. The van der Waals surface area contributed by atoms with E-state index >= 15 is 0 Å². The summed E-state index contributed by atoms with van der Waals surface area (Å²) in [6.45, 7) is 10.2. The van der Waals surface area contributed by atoms with Crippen LogP contribution in [0.2, 0.25) is 0 Å². The van der Waals surface area contributed by atoms with Gasteiger partial charge >= 0.3 is 0 Å². The molecule has 0 aromatic heterocycles. The van der Waals surface area contributed by atoms with Gasteiger partial charge in [-0.25, -0.2) is 0 Å². The van der Waals surface area contributed by atoms with E-state index in [0.29, 0.717) is 6.04 Å². The highest BCUT2D eigenvalue weighted by Gasteiger charge is 2.23. The molecule has 0 saturated carbocycles. The van der Waals surface area contributed by atoms with Crippen LogP contribution in [0, 0.1) is 5.92 Å². The Bertz CT molecular complexity index is 375. The summed E-state index contributed by atoms with van der Waals surface area (Å²) in [6.07, 6.45) is 2.65. The third kappa shape index (κ3) is 2.86. The van der Waals surface area contributed by atoms with Crippen molar-refractivity contribution in [2.24, 2.45) is 5.92 Å². The van der Waals surface area contributed by atoms with Crippen molar-refractivity contribution in [3.8, 4) is 0 Å². The molecule has 2 unspecified atom stereocenters. The summed E-state index contributed by atoms with van der Waals surface area (Å²) in [5.74, 6) is 0.882. The monoisotopic (exact) mass is 246 g/mol. The molecule has 0 amide bonds. The fraction of sp³-hybridized carbons (Fsp3) is 0.625. The maximum absolute atomic E-state index is 3.52. The van der Waals surface area contributed by atoms with Gasteiger partial charge in [-0.1, -0.05) is 38.5 Å². The average Bonchev–Trinajstić information content (AvgIpc) is 2.87. The molecule has 1 aromatic rings.